The van der Waals surface area contributed by atoms with Crippen molar-refractivity contribution < 1.29 is 4.79 Å². The topological polar surface area (TPSA) is 29.1 Å². The fourth-order valence-corrected chi connectivity index (χ4v) is 3.94. The molecule has 0 radical (unpaired) electrons. The standard InChI is InChI=1S/C16H21NO/c1-12(18)17-15-14-8-4-3-7-13(14)11-16(15)9-5-2-6-10-16/h3-4,7-8,15H,2,5-6,9-11H2,1H3,(H,17,18). The molecule has 0 saturated heterocycles. The van der Waals surface area contributed by atoms with Gasteiger partial charge in [0, 0.05) is 6.92 Å². The fraction of sp³-hybridized carbons (Fsp3) is 0.562. The average molecular weight is 243 g/mol. The second kappa shape index (κ2) is 4.42. The predicted octanol–water partition coefficient (Wildman–Crippen LogP) is 3.37. The molecule has 2 nitrogen and oxygen atoms in total. The maximum atomic E-state index is 11.5. The highest BCUT2D eigenvalue weighted by atomic mass is 16.1. The Hall–Kier alpha value is -1.31. The Bertz CT molecular complexity index is 460. The van der Waals surface area contributed by atoms with Crippen molar-refractivity contribution in [1.82, 2.24) is 5.32 Å². The van der Waals surface area contributed by atoms with E-state index in [1.54, 1.807) is 6.92 Å². The maximum Gasteiger partial charge on any atom is 0.217 e. The van der Waals surface area contributed by atoms with Gasteiger partial charge in [0.15, 0.2) is 0 Å². The number of fused-ring (bicyclic) bond motifs is 1. The molecular formula is C16H21NO. The third-order valence-corrected chi connectivity index (χ3v) is 4.72. The highest BCUT2D eigenvalue weighted by Gasteiger charge is 2.46. The second-order valence-electron chi connectivity index (χ2n) is 5.93. The number of nitrogens with one attached hydrogen (secondary N) is 1. The fourth-order valence-electron chi connectivity index (χ4n) is 3.94. The Morgan fingerprint density at radius 2 is 1.94 bits per heavy atom. The summed E-state index contributed by atoms with van der Waals surface area (Å²) in [5.41, 5.74) is 3.10. The van der Waals surface area contributed by atoms with Crippen LogP contribution in [0.15, 0.2) is 24.3 Å². The zero-order chi connectivity index (χ0) is 12.6. The third kappa shape index (κ3) is 1.84. The minimum atomic E-state index is 0.0988. The van der Waals surface area contributed by atoms with E-state index in [1.807, 2.05) is 0 Å². The van der Waals surface area contributed by atoms with Gasteiger partial charge in [0.05, 0.1) is 6.04 Å². The molecule has 1 aromatic rings. The first-order chi connectivity index (χ1) is 8.71. The van der Waals surface area contributed by atoms with Crippen LogP contribution in [-0.2, 0) is 11.2 Å². The smallest absolute Gasteiger partial charge is 0.217 e. The van der Waals surface area contributed by atoms with Gasteiger partial charge in [-0.1, -0.05) is 43.5 Å². The van der Waals surface area contributed by atoms with Gasteiger partial charge in [0.2, 0.25) is 5.91 Å². The van der Waals surface area contributed by atoms with E-state index in [0.29, 0.717) is 5.41 Å². The summed E-state index contributed by atoms with van der Waals surface area (Å²) in [5, 5.41) is 3.22. The Labute approximate surface area is 109 Å². The molecule has 0 aromatic heterocycles. The van der Waals surface area contributed by atoms with Gasteiger partial charge in [0.1, 0.15) is 0 Å². The van der Waals surface area contributed by atoms with Gasteiger partial charge in [-0.2, -0.15) is 0 Å². The molecule has 1 saturated carbocycles. The normalized spacial score (nSPS) is 24.8. The van der Waals surface area contributed by atoms with Gasteiger partial charge < -0.3 is 5.32 Å². The van der Waals surface area contributed by atoms with E-state index in [2.05, 4.69) is 29.6 Å². The van der Waals surface area contributed by atoms with Gasteiger partial charge in [-0.15, -0.1) is 0 Å². The molecule has 1 aromatic carbocycles. The minimum Gasteiger partial charge on any atom is -0.349 e. The highest BCUT2D eigenvalue weighted by molar-refractivity contribution is 5.74. The largest absolute Gasteiger partial charge is 0.349 e. The zero-order valence-electron chi connectivity index (χ0n) is 11.0. The number of carbonyl (C=O) groups excluding carboxylic acids is 1. The maximum absolute atomic E-state index is 11.5. The van der Waals surface area contributed by atoms with Crippen LogP contribution in [0.4, 0.5) is 0 Å². The Kier molecular flexibility index (Phi) is 2.89. The van der Waals surface area contributed by atoms with Crippen LogP contribution in [0.5, 0.6) is 0 Å². The van der Waals surface area contributed by atoms with E-state index in [0.717, 1.165) is 6.42 Å². The summed E-state index contributed by atoms with van der Waals surface area (Å²) in [6.07, 6.45) is 7.63. The SMILES string of the molecule is CC(=O)NC1c2ccccc2CC12CCCCC2. The lowest BCUT2D eigenvalue weighted by molar-refractivity contribution is -0.120. The van der Waals surface area contributed by atoms with Crippen molar-refractivity contribution in [1.29, 1.82) is 0 Å². The molecule has 1 fully saturated rings. The molecule has 2 heteroatoms. The first-order valence-electron chi connectivity index (χ1n) is 7.06. The van der Waals surface area contributed by atoms with Crippen LogP contribution >= 0.6 is 0 Å². The van der Waals surface area contributed by atoms with Crippen molar-refractivity contribution in [2.75, 3.05) is 0 Å². The molecule has 0 aliphatic heterocycles. The van der Waals surface area contributed by atoms with Gasteiger partial charge in [-0.3, -0.25) is 4.79 Å². The van der Waals surface area contributed by atoms with E-state index in [-0.39, 0.29) is 11.9 Å². The summed E-state index contributed by atoms with van der Waals surface area (Å²) in [4.78, 5) is 11.5. The molecular weight excluding hydrogens is 222 g/mol. The van der Waals surface area contributed by atoms with Crippen LogP contribution in [0.3, 0.4) is 0 Å². The van der Waals surface area contributed by atoms with Crippen molar-refractivity contribution in [3.8, 4) is 0 Å². The van der Waals surface area contributed by atoms with Crippen LogP contribution in [0, 0.1) is 5.41 Å². The summed E-state index contributed by atoms with van der Waals surface area (Å²) < 4.78 is 0. The highest BCUT2D eigenvalue weighted by Crippen LogP contribution is 2.53. The van der Waals surface area contributed by atoms with E-state index >= 15 is 0 Å². The molecule has 1 atom stereocenters. The van der Waals surface area contributed by atoms with Crippen LogP contribution < -0.4 is 5.32 Å². The zero-order valence-corrected chi connectivity index (χ0v) is 11.0. The molecule has 2 aliphatic carbocycles. The summed E-state index contributed by atoms with van der Waals surface area (Å²) in [7, 11) is 0. The number of rotatable bonds is 1. The molecule has 0 heterocycles. The molecule has 1 amide bonds. The lowest BCUT2D eigenvalue weighted by Crippen LogP contribution is -2.39. The van der Waals surface area contributed by atoms with E-state index in [1.165, 1.54) is 43.2 Å². The lowest BCUT2D eigenvalue weighted by atomic mass is 9.69. The number of carbonyl (C=O) groups is 1. The van der Waals surface area contributed by atoms with Gasteiger partial charge in [0.25, 0.3) is 0 Å². The average Bonchev–Trinajstić information content (AvgIpc) is 2.64. The van der Waals surface area contributed by atoms with Crippen molar-refractivity contribution in [2.24, 2.45) is 5.41 Å². The van der Waals surface area contributed by atoms with Crippen LogP contribution in [0.2, 0.25) is 0 Å². The van der Waals surface area contributed by atoms with E-state index in [9.17, 15) is 4.79 Å². The first-order valence-corrected chi connectivity index (χ1v) is 7.06. The van der Waals surface area contributed by atoms with Crippen molar-refractivity contribution >= 4 is 5.91 Å². The van der Waals surface area contributed by atoms with Crippen molar-refractivity contribution in [3.63, 3.8) is 0 Å². The van der Waals surface area contributed by atoms with Gasteiger partial charge in [-0.25, -0.2) is 0 Å². The molecule has 1 spiro atoms. The van der Waals surface area contributed by atoms with Crippen LogP contribution in [0.25, 0.3) is 0 Å². The van der Waals surface area contributed by atoms with E-state index in [4.69, 9.17) is 0 Å². The molecule has 1 unspecified atom stereocenters. The van der Waals surface area contributed by atoms with E-state index < -0.39 is 0 Å². The van der Waals surface area contributed by atoms with Crippen LogP contribution in [0.1, 0.15) is 56.2 Å². The predicted molar refractivity (Wildman–Crippen MR) is 72.2 cm³/mol. The summed E-state index contributed by atoms with van der Waals surface area (Å²) in [6.45, 7) is 1.64. The second-order valence-corrected chi connectivity index (χ2v) is 5.93. The number of hydrogen-bond acceptors (Lipinski definition) is 1. The van der Waals surface area contributed by atoms with Crippen molar-refractivity contribution in [3.05, 3.63) is 35.4 Å². The molecule has 2 aliphatic rings. The number of amides is 1. The monoisotopic (exact) mass is 243 g/mol. The Morgan fingerprint density at radius 1 is 1.22 bits per heavy atom. The summed E-state index contributed by atoms with van der Waals surface area (Å²) in [6, 6.07) is 8.87. The van der Waals surface area contributed by atoms with Crippen molar-refractivity contribution in [2.45, 2.75) is 51.5 Å². The number of hydrogen-bond donors (Lipinski definition) is 1. The minimum absolute atomic E-state index is 0.0988. The quantitative estimate of drug-likeness (QED) is 0.805. The van der Waals surface area contributed by atoms with Gasteiger partial charge >= 0.3 is 0 Å². The summed E-state index contributed by atoms with van der Waals surface area (Å²) in [5.74, 6) is 0.0988. The van der Waals surface area contributed by atoms with Crippen LogP contribution in [-0.4, -0.2) is 5.91 Å². The number of benzene rings is 1. The molecule has 18 heavy (non-hydrogen) atoms. The lowest BCUT2D eigenvalue weighted by Gasteiger charge is -2.39. The molecule has 3 rings (SSSR count). The molecule has 96 valence electrons. The molecule has 0 bridgehead atoms. The molecule has 1 N–H and O–H groups in total. The Morgan fingerprint density at radius 3 is 2.67 bits per heavy atom. The van der Waals surface area contributed by atoms with Gasteiger partial charge in [-0.05, 0) is 35.8 Å². The first kappa shape index (κ1) is 11.8. The Balaban J connectivity index is 1.98. The summed E-state index contributed by atoms with van der Waals surface area (Å²) >= 11 is 0. The third-order valence-electron chi connectivity index (χ3n) is 4.72.